The predicted octanol–water partition coefficient (Wildman–Crippen LogP) is 4.63. The summed E-state index contributed by atoms with van der Waals surface area (Å²) in [4.78, 5) is 18.6. The Kier molecular flexibility index (Phi) is 4.38. The standard InChI is InChI=1S/C19H14BrN3OS/c20-14-6-3-5-13(11-14)12-21-23-18(17-9-4-10-25-17)22-16-8-2-1-7-15(16)19(23)24/h1-11,21H,12H2. The van der Waals surface area contributed by atoms with Gasteiger partial charge < -0.3 is 5.43 Å². The molecule has 25 heavy (non-hydrogen) atoms. The first-order chi connectivity index (χ1) is 12.2. The predicted molar refractivity (Wildman–Crippen MR) is 107 cm³/mol. The number of fused-ring (bicyclic) bond motifs is 1. The van der Waals surface area contributed by atoms with Gasteiger partial charge in [0.25, 0.3) is 5.56 Å². The van der Waals surface area contributed by atoms with Gasteiger partial charge in [0.2, 0.25) is 0 Å². The van der Waals surface area contributed by atoms with Crippen LogP contribution in [0.25, 0.3) is 21.6 Å². The summed E-state index contributed by atoms with van der Waals surface area (Å²) in [7, 11) is 0. The molecule has 0 spiro atoms. The van der Waals surface area contributed by atoms with Gasteiger partial charge in [0, 0.05) is 4.47 Å². The normalized spacial score (nSPS) is 10.9. The monoisotopic (exact) mass is 411 g/mol. The molecule has 0 fully saturated rings. The maximum atomic E-state index is 13.0. The molecular weight excluding hydrogens is 398 g/mol. The van der Waals surface area contributed by atoms with Crippen LogP contribution in [-0.4, -0.2) is 9.66 Å². The van der Waals surface area contributed by atoms with Gasteiger partial charge in [-0.3, -0.25) is 4.79 Å². The highest BCUT2D eigenvalue weighted by atomic mass is 79.9. The molecule has 0 saturated carbocycles. The second-order valence-corrected chi connectivity index (χ2v) is 7.40. The molecule has 6 heteroatoms. The summed E-state index contributed by atoms with van der Waals surface area (Å²) < 4.78 is 2.56. The zero-order valence-corrected chi connectivity index (χ0v) is 15.5. The summed E-state index contributed by atoms with van der Waals surface area (Å²) in [6, 6.07) is 19.3. The van der Waals surface area contributed by atoms with E-state index in [9.17, 15) is 4.79 Å². The van der Waals surface area contributed by atoms with Crippen LogP contribution in [0.1, 0.15) is 5.56 Å². The maximum absolute atomic E-state index is 13.0. The molecule has 4 aromatic rings. The minimum atomic E-state index is -0.0935. The summed E-state index contributed by atoms with van der Waals surface area (Å²) in [6.07, 6.45) is 0. The van der Waals surface area contributed by atoms with Gasteiger partial charge in [-0.05, 0) is 41.3 Å². The first-order valence-electron chi connectivity index (χ1n) is 7.76. The van der Waals surface area contributed by atoms with Crippen LogP contribution >= 0.6 is 27.3 Å². The zero-order valence-electron chi connectivity index (χ0n) is 13.1. The smallest absolute Gasteiger partial charge is 0.280 e. The second-order valence-electron chi connectivity index (χ2n) is 5.54. The average Bonchev–Trinajstić information content (AvgIpc) is 3.15. The number of benzene rings is 2. The van der Waals surface area contributed by atoms with Gasteiger partial charge >= 0.3 is 0 Å². The highest BCUT2D eigenvalue weighted by Crippen LogP contribution is 2.23. The number of hydrogen-bond donors (Lipinski definition) is 1. The number of hydrogen-bond acceptors (Lipinski definition) is 4. The quantitative estimate of drug-likeness (QED) is 0.532. The van der Waals surface area contributed by atoms with E-state index in [1.165, 1.54) is 0 Å². The van der Waals surface area contributed by atoms with Gasteiger partial charge in [-0.25, -0.2) is 9.66 Å². The molecule has 0 amide bonds. The number of halogens is 1. The van der Waals surface area contributed by atoms with Crippen LogP contribution in [0.3, 0.4) is 0 Å². The van der Waals surface area contributed by atoms with Crippen LogP contribution < -0.4 is 11.0 Å². The molecule has 0 atom stereocenters. The topological polar surface area (TPSA) is 46.9 Å². The summed E-state index contributed by atoms with van der Waals surface area (Å²) in [5.74, 6) is 0.633. The lowest BCUT2D eigenvalue weighted by molar-refractivity contribution is 0.803. The van der Waals surface area contributed by atoms with Crippen molar-refractivity contribution in [3.05, 3.63) is 86.4 Å². The molecule has 0 unspecified atom stereocenters. The summed E-state index contributed by atoms with van der Waals surface area (Å²) >= 11 is 5.04. The minimum absolute atomic E-state index is 0.0935. The molecule has 4 nitrogen and oxygen atoms in total. The number of aromatic nitrogens is 2. The van der Waals surface area contributed by atoms with Gasteiger partial charge in [0.1, 0.15) is 0 Å². The van der Waals surface area contributed by atoms with E-state index in [1.54, 1.807) is 22.1 Å². The number of nitrogens with zero attached hydrogens (tertiary/aromatic N) is 2. The molecule has 0 aliphatic carbocycles. The van der Waals surface area contributed by atoms with E-state index >= 15 is 0 Å². The molecule has 2 aromatic carbocycles. The molecule has 124 valence electrons. The van der Waals surface area contributed by atoms with Crippen molar-refractivity contribution < 1.29 is 0 Å². The van der Waals surface area contributed by atoms with Crippen LogP contribution in [0, 0.1) is 0 Å². The molecule has 0 aliphatic rings. The Hall–Kier alpha value is -2.44. The number of thiophene rings is 1. The fraction of sp³-hybridized carbons (Fsp3) is 0.0526. The third kappa shape index (κ3) is 3.23. The molecule has 1 N–H and O–H groups in total. The summed E-state index contributed by atoms with van der Waals surface area (Å²) in [6.45, 7) is 0.526. The van der Waals surface area contributed by atoms with Crippen LogP contribution in [0.2, 0.25) is 0 Å². The van der Waals surface area contributed by atoms with E-state index in [0.717, 1.165) is 14.9 Å². The van der Waals surface area contributed by atoms with Gasteiger partial charge in [-0.1, -0.05) is 46.3 Å². The van der Waals surface area contributed by atoms with Crippen molar-refractivity contribution >= 4 is 38.2 Å². The first kappa shape index (κ1) is 16.1. The van der Waals surface area contributed by atoms with E-state index in [-0.39, 0.29) is 5.56 Å². The Balaban J connectivity index is 1.82. The highest BCUT2D eigenvalue weighted by Gasteiger charge is 2.13. The lowest BCUT2D eigenvalue weighted by atomic mass is 10.2. The van der Waals surface area contributed by atoms with Gasteiger partial charge in [-0.15, -0.1) is 11.3 Å². The largest absolute Gasteiger partial charge is 0.317 e. The average molecular weight is 412 g/mol. The van der Waals surface area contributed by atoms with Crippen molar-refractivity contribution in [2.75, 3.05) is 5.43 Å². The maximum Gasteiger partial charge on any atom is 0.280 e. The summed E-state index contributed by atoms with van der Waals surface area (Å²) in [5.41, 5.74) is 4.92. The minimum Gasteiger partial charge on any atom is -0.317 e. The highest BCUT2D eigenvalue weighted by molar-refractivity contribution is 9.10. The van der Waals surface area contributed by atoms with E-state index in [2.05, 4.69) is 21.4 Å². The van der Waals surface area contributed by atoms with E-state index in [1.807, 2.05) is 60.0 Å². The van der Waals surface area contributed by atoms with Crippen molar-refractivity contribution in [3.63, 3.8) is 0 Å². The van der Waals surface area contributed by atoms with E-state index in [0.29, 0.717) is 23.3 Å². The van der Waals surface area contributed by atoms with Crippen LogP contribution in [-0.2, 0) is 6.54 Å². The lowest BCUT2D eigenvalue weighted by Crippen LogP contribution is -2.31. The zero-order chi connectivity index (χ0) is 17.2. The van der Waals surface area contributed by atoms with Crippen molar-refractivity contribution in [1.82, 2.24) is 9.66 Å². The number of nitrogens with one attached hydrogen (secondary N) is 1. The molecule has 0 bridgehead atoms. The van der Waals surface area contributed by atoms with Gasteiger partial charge in [-0.2, -0.15) is 0 Å². The fourth-order valence-corrected chi connectivity index (χ4v) is 3.82. The Bertz CT molecular complexity index is 1090. The SMILES string of the molecule is O=c1c2ccccc2nc(-c2cccs2)n1NCc1cccc(Br)c1. The third-order valence-electron chi connectivity index (χ3n) is 3.85. The first-order valence-corrected chi connectivity index (χ1v) is 9.43. The Labute approximate surface area is 156 Å². The van der Waals surface area contributed by atoms with Crippen LogP contribution in [0.4, 0.5) is 0 Å². The second kappa shape index (κ2) is 6.82. The van der Waals surface area contributed by atoms with Crippen molar-refractivity contribution in [3.8, 4) is 10.7 Å². The molecular formula is C19H14BrN3OS. The summed E-state index contributed by atoms with van der Waals surface area (Å²) in [5, 5.41) is 2.58. The molecule has 4 rings (SSSR count). The van der Waals surface area contributed by atoms with Gasteiger partial charge in [0.05, 0.1) is 22.3 Å². The number of rotatable bonds is 4. The molecule has 2 aromatic heterocycles. The Morgan fingerprint density at radius 1 is 1.08 bits per heavy atom. The molecule has 0 radical (unpaired) electrons. The van der Waals surface area contributed by atoms with Crippen molar-refractivity contribution in [2.24, 2.45) is 0 Å². The van der Waals surface area contributed by atoms with Crippen LogP contribution in [0.5, 0.6) is 0 Å². The van der Waals surface area contributed by atoms with Crippen LogP contribution in [0.15, 0.2) is 75.3 Å². The third-order valence-corrected chi connectivity index (χ3v) is 5.21. The fourth-order valence-electron chi connectivity index (χ4n) is 2.67. The van der Waals surface area contributed by atoms with Crippen molar-refractivity contribution in [1.29, 1.82) is 0 Å². The van der Waals surface area contributed by atoms with E-state index in [4.69, 9.17) is 4.98 Å². The lowest BCUT2D eigenvalue weighted by Gasteiger charge is -2.15. The molecule has 2 heterocycles. The molecule has 0 aliphatic heterocycles. The van der Waals surface area contributed by atoms with E-state index < -0.39 is 0 Å². The van der Waals surface area contributed by atoms with Crippen molar-refractivity contribution in [2.45, 2.75) is 6.54 Å². The Morgan fingerprint density at radius 3 is 2.76 bits per heavy atom. The van der Waals surface area contributed by atoms with Gasteiger partial charge in [0.15, 0.2) is 5.82 Å². The number of para-hydroxylation sites is 1. The Morgan fingerprint density at radius 2 is 1.96 bits per heavy atom. The molecule has 0 saturated heterocycles.